The molecule has 0 aliphatic carbocycles. The van der Waals surface area contributed by atoms with Crippen LogP contribution >= 0.6 is 0 Å². The third-order valence-corrected chi connectivity index (χ3v) is 3.03. The molecular formula is C15H16FN3O. The first kappa shape index (κ1) is 13.9. The first-order valence-electron chi connectivity index (χ1n) is 6.27. The molecule has 0 atom stereocenters. The third-order valence-electron chi connectivity index (χ3n) is 3.03. The van der Waals surface area contributed by atoms with Crippen molar-refractivity contribution in [2.45, 2.75) is 6.92 Å². The normalized spacial score (nSPS) is 11.4. The van der Waals surface area contributed by atoms with Crippen molar-refractivity contribution in [3.05, 3.63) is 59.9 Å². The van der Waals surface area contributed by atoms with Crippen molar-refractivity contribution in [2.75, 3.05) is 11.4 Å². The monoisotopic (exact) mass is 273 g/mol. The fourth-order valence-electron chi connectivity index (χ4n) is 2.09. The predicted molar refractivity (Wildman–Crippen MR) is 78.0 cm³/mol. The van der Waals surface area contributed by atoms with Crippen LogP contribution in [-0.4, -0.2) is 17.6 Å². The molecule has 2 rings (SSSR count). The van der Waals surface area contributed by atoms with E-state index in [4.69, 9.17) is 10.9 Å². The van der Waals surface area contributed by atoms with Gasteiger partial charge in [0, 0.05) is 17.8 Å². The Hall–Kier alpha value is -2.56. The molecule has 0 aromatic heterocycles. The van der Waals surface area contributed by atoms with E-state index >= 15 is 0 Å². The summed E-state index contributed by atoms with van der Waals surface area (Å²) in [5, 5.41) is 11.9. The maximum atomic E-state index is 13.0. The highest BCUT2D eigenvalue weighted by atomic mass is 19.1. The first-order valence-corrected chi connectivity index (χ1v) is 6.27. The van der Waals surface area contributed by atoms with Gasteiger partial charge in [-0.05, 0) is 43.3 Å². The minimum atomic E-state index is -0.283. The van der Waals surface area contributed by atoms with E-state index in [1.165, 1.54) is 12.1 Å². The van der Waals surface area contributed by atoms with E-state index in [1.54, 1.807) is 18.2 Å². The summed E-state index contributed by atoms with van der Waals surface area (Å²) in [5.74, 6) is -0.240. The van der Waals surface area contributed by atoms with Crippen LogP contribution in [0.2, 0.25) is 0 Å². The molecule has 2 aromatic rings. The van der Waals surface area contributed by atoms with Crippen LogP contribution in [0.15, 0.2) is 53.7 Å². The Bertz CT molecular complexity index is 611. The molecule has 5 heteroatoms. The molecule has 0 radical (unpaired) electrons. The largest absolute Gasteiger partial charge is 0.409 e. The number of oxime groups is 1. The molecule has 0 unspecified atom stereocenters. The quantitative estimate of drug-likeness (QED) is 0.389. The van der Waals surface area contributed by atoms with Gasteiger partial charge in [-0.25, -0.2) is 4.39 Å². The molecular weight excluding hydrogens is 257 g/mol. The molecule has 0 spiro atoms. The van der Waals surface area contributed by atoms with Crippen molar-refractivity contribution >= 4 is 17.2 Å². The summed E-state index contributed by atoms with van der Waals surface area (Å²) in [4.78, 5) is 1.97. The molecule has 0 amide bonds. The van der Waals surface area contributed by atoms with E-state index in [1.807, 2.05) is 30.0 Å². The summed E-state index contributed by atoms with van der Waals surface area (Å²) in [6, 6.07) is 13.5. The number of hydrogen-bond donors (Lipinski definition) is 2. The van der Waals surface area contributed by atoms with Crippen molar-refractivity contribution in [1.82, 2.24) is 0 Å². The van der Waals surface area contributed by atoms with Crippen LogP contribution in [0.25, 0.3) is 0 Å². The number of nitrogens with zero attached hydrogens (tertiary/aromatic N) is 2. The fraction of sp³-hybridized carbons (Fsp3) is 0.133. The van der Waals surface area contributed by atoms with Gasteiger partial charge in [-0.2, -0.15) is 0 Å². The highest BCUT2D eigenvalue weighted by molar-refractivity contribution is 6.02. The number of para-hydroxylation sites is 1. The van der Waals surface area contributed by atoms with Gasteiger partial charge in [0.05, 0.1) is 5.69 Å². The predicted octanol–water partition coefficient (Wildman–Crippen LogP) is 3.08. The smallest absolute Gasteiger partial charge is 0.172 e. The number of nitrogens with two attached hydrogens (primary N) is 1. The zero-order valence-electron chi connectivity index (χ0n) is 11.1. The number of benzene rings is 2. The Morgan fingerprint density at radius 3 is 2.45 bits per heavy atom. The second kappa shape index (κ2) is 6.06. The Kier molecular flexibility index (Phi) is 4.20. The van der Waals surface area contributed by atoms with Gasteiger partial charge in [-0.15, -0.1) is 0 Å². The summed E-state index contributed by atoms with van der Waals surface area (Å²) < 4.78 is 13.0. The van der Waals surface area contributed by atoms with Crippen molar-refractivity contribution in [1.29, 1.82) is 0 Å². The van der Waals surface area contributed by atoms with E-state index in [0.29, 0.717) is 12.1 Å². The average molecular weight is 273 g/mol. The number of halogens is 1. The minimum Gasteiger partial charge on any atom is -0.409 e. The van der Waals surface area contributed by atoms with E-state index < -0.39 is 0 Å². The second-order valence-electron chi connectivity index (χ2n) is 4.22. The third kappa shape index (κ3) is 2.71. The highest BCUT2D eigenvalue weighted by Gasteiger charge is 2.14. The maximum absolute atomic E-state index is 13.0. The van der Waals surface area contributed by atoms with Crippen LogP contribution in [0.5, 0.6) is 0 Å². The SMILES string of the molecule is CCN(c1ccc(F)cc1)c1ccccc1C(N)=NO. The molecule has 0 heterocycles. The summed E-state index contributed by atoms with van der Waals surface area (Å²) in [7, 11) is 0. The minimum absolute atomic E-state index is 0.0427. The molecule has 2 aromatic carbocycles. The van der Waals surface area contributed by atoms with Crippen molar-refractivity contribution in [2.24, 2.45) is 10.9 Å². The van der Waals surface area contributed by atoms with Gasteiger partial charge in [0.25, 0.3) is 0 Å². The Balaban J connectivity index is 2.50. The summed E-state index contributed by atoms with van der Waals surface area (Å²) in [6.45, 7) is 2.65. The molecule has 0 fully saturated rings. The molecule has 0 saturated carbocycles. The summed E-state index contributed by atoms with van der Waals surface area (Å²) >= 11 is 0. The van der Waals surface area contributed by atoms with Crippen LogP contribution in [-0.2, 0) is 0 Å². The number of anilines is 2. The zero-order valence-corrected chi connectivity index (χ0v) is 11.1. The first-order chi connectivity index (χ1) is 9.67. The number of amidine groups is 1. The van der Waals surface area contributed by atoms with Gasteiger partial charge in [0.15, 0.2) is 5.84 Å². The van der Waals surface area contributed by atoms with Crippen LogP contribution in [0.3, 0.4) is 0 Å². The van der Waals surface area contributed by atoms with Crippen molar-refractivity contribution in [3.8, 4) is 0 Å². The van der Waals surface area contributed by atoms with Gasteiger partial charge in [0.2, 0.25) is 0 Å². The lowest BCUT2D eigenvalue weighted by molar-refractivity contribution is 0.318. The van der Waals surface area contributed by atoms with Crippen molar-refractivity contribution in [3.63, 3.8) is 0 Å². The van der Waals surface area contributed by atoms with Crippen LogP contribution in [0.4, 0.5) is 15.8 Å². The van der Waals surface area contributed by atoms with Gasteiger partial charge >= 0.3 is 0 Å². The number of hydrogen-bond acceptors (Lipinski definition) is 3. The van der Waals surface area contributed by atoms with Gasteiger partial charge < -0.3 is 15.8 Å². The van der Waals surface area contributed by atoms with Crippen molar-refractivity contribution < 1.29 is 9.60 Å². The molecule has 4 nitrogen and oxygen atoms in total. The Morgan fingerprint density at radius 2 is 1.85 bits per heavy atom. The Morgan fingerprint density at radius 1 is 1.20 bits per heavy atom. The second-order valence-corrected chi connectivity index (χ2v) is 4.22. The lowest BCUT2D eigenvalue weighted by Crippen LogP contribution is -2.22. The summed E-state index contributed by atoms with van der Waals surface area (Å²) in [6.07, 6.45) is 0. The average Bonchev–Trinajstić information content (AvgIpc) is 2.49. The standard InChI is InChI=1S/C15H16FN3O/c1-2-19(12-9-7-11(16)8-10-12)14-6-4-3-5-13(14)15(17)18-20/h3-10,20H,2H2,1H3,(H2,17,18). The lowest BCUT2D eigenvalue weighted by Gasteiger charge is -2.25. The fourth-order valence-corrected chi connectivity index (χ4v) is 2.09. The molecule has 0 aliphatic heterocycles. The van der Waals surface area contributed by atoms with Crippen LogP contribution < -0.4 is 10.6 Å². The summed E-state index contributed by atoms with van der Waals surface area (Å²) in [5.41, 5.74) is 7.97. The zero-order chi connectivity index (χ0) is 14.5. The van der Waals surface area contributed by atoms with Gasteiger partial charge in [-0.3, -0.25) is 0 Å². The molecule has 0 saturated heterocycles. The van der Waals surface area contributed by atoms with E-state index in [9.17, 15) is 4.39 Å². The van der Waals surface area contributed by atoms with Gasteiger partial charge in [-0.1, -0.05) is 17.3 Å². The van der Waals surface area contributed by atoms with Gasteiger partial charge in [0.1, 0.15) is 5.82 Å². The maximum Gasteiger partial charge on any atom is 0.172 e. The molecule has 3 N–H and O–H groups in total. The Labute approximate surface area is 116 Å². The van der Waals surface area contributed by atoms with Crippen LogP contribution in [0, 0.1) is 5.82 Å². The lowest BCUT2D eigenvalue weighted by atomic mass is 10.1. The highest BCUT2D eigenvalue weighted by Crippen LogP contribution is 2.28. The molecule has 0 bridgehead atoms. The molecule has 0 aliphatic rings. The van der Waals surface area contributed by atoms with Crippen LogP contribution in [0.1, 0.15) is 12.5 Å². The van der Waals surface area contributed by atoms with E-state index in [0.717, 1.165) is 11.4 Å². The molecule has 20 heavy (non-hydrogen) atoms. The molecule has 104 valence electrons. The van der Waals surface area contributed by atoms with E-state index in [2.05, 4.69) is 5.16 Å². The topological polar surface area (TPSA) is 61.8 Å². The number of rotatable bonds is 4. The van der Waals surface area contributed by atoms with E-state index in [-0.39, 0.29) is 11.7 Å².